The van der Waals surface area contributed by atoms with E-state index in [0.717, 1.165) is 12.8 Å². The molecule has 0 saturated carbocycles. The second-order valence-electron chi connectivity index (χ2n) is 8.70. The first-order chi connectivity index (χ1) is 14.6. The number of nitrogens with two attached hydrogens (primary N) is 1. The number of hydrogen-bond acceptors (Lipinski definition) is 7. The molecular weight excluding hydrogens is 399 g/mol. The Kier molecular flexibility index (Phi) is 6.29. The molecule has 0 unspecified atom stereocenters. The van der Waals surface area contributed by atoms with Crippen molar-refractivity contribution in [1.82, 2.24) is 15.3 Å². The van der Waals surface area contributed by atoms with Crippen LogP contribution in [0.25, 0.3) is 11.3 Å². The van der Waals surface area contributed by atoms with Crippen LogP contribution >= 0.6 is 0 Å². The fourth-order valence-corrected chi connectivity index (χ4v) is 3.53. The normalized spacial score (nSPS) is 18.9. The highest BCUT2D eigenvalue weighted by Gasteiger charge is 2.29. The molecule has 1 aromatic heterocycles. The maximum Gasteiger partial charge on any atom is 0.407 e. The summed E-state index contributed by atoms with van der Waals surface area (Å²) in [6, 6.07) is 7.89. The molecule has 2 atom stereocenters. The Labute approximate surface area is 181 Å². The van der Waals surface area contributed by atoms with Gasteiger partial charge >= 0.3 is 6.09 Å². The van der Waals surface area contributed by atoms with E-state index in [-0.39, 0.29) is 23.6 Å². The van der Waals surface area contributed by atoms with Gasteiger partial charge in [-0.3, -0.25) is 0 Å². The highest BCUT2D eigenvalue weighted by molar-refractivity contribution is 5.69. The Morgan fingerprint density at radius 2 is 2.06 bits per heavy atom. The van der Waals surface area contributed by atoms with E-state index in [9.17, 15) is 9.18 Å². The number of carbonyl (C=O) groups excluding carboxylic acids is 1. The summed E-state index contributed by atoms with van der Waals surface area (Å²) in [6.45, 7) is 8.05. The molecule has 0 radical (unpaired) electrons. The lowest BCUT2D eigenvalue weighted by atomic mass is 9.99. The zero-order valence-corrected chi connectivity index (χ0v) is 18.1. The molecule has 8 nitrogen and oxygen atoms in total. The first kappa shape index (κ1) is 22.3. The molecule has 1 amide bonds. The van der Waals surface area contributed by atoms with Crippen LogP contribution < -0.4 is 16.0 Å². The van der Waals surface area contributed by atoms with Crippen molar-refractivity contribution < 1.29 is 13.9 Å². The molecule has 2 heterocycles. The number of rotatable bonds is 3. The predicted molar refractivity (Wildman–Crippen MR) is 116 cm³/mol. The number of alkyl carbamates (subject to hydrolysis) is 1. The summed E-state index contributed by atoms with van der Waals surface area (Å²) in [7, 11) is 0. The largest absolute Gasteiger partial charge is 0.444 e. The SMILES string of the molecule is C[C@H]1CC[C@@H](NC(=O)OC(C)(C)C)CN1c1cc(-c2ccc(C#N)c(F)c2)nc(N)n1. The van der Waals surface area contributed by atoms with Gasteiger partial charge in [0.25, 0.3) is 0 Å². The van der Waals surface area contributed by atoms with Crippen LogP contribution in [0.2, 0.25) is 0 Å². The third-order valence-corrected chi connectivity index (χ3v) is 5.01. The fourth-order valence-electron chi connectivity index (χ4n) is 3.53. The second kappa shape index (κ2) is 8.76. The second-order valence-corrected chi connectivity index (χ2v) is 8.70. The smallest absolute Gasteiger partial charge is 0.407 e. The number of nitrogens with one attached hydrogen (secondary N) is 1. The van der Waals surface area contributed by atoms with Crippen LogP contribution in [0, 0.1) is 17.1 Å². The van der Waals surface area contributed by atoms with Gasteiger partial charge in [0, 0.05) is 30.3 Å². The molecule has 1 aliphatic heterocycles. The van der Waals surface area contributed by atoms with Crippen molar-refractivity contribution in [2.75, 3.05) is 17.2 Å². The first-order valence-electron chi connectivity index (χ1n) is 10.2. The Morgan fingerprint density at radius 1 is 1.32 bits per heavy atom. The Balaban J connectivity index is 1.83. The highest BCUT2D eigenvalue weighted by atomic mass is 19.1. The van der Waals surface area contributed by atoms with Gasteiger partial charge in [-0.15, -0.1) is 0 Å². The van der Waals surface area contributed by atoms with E-state index in [0.29, 0.717) is 23.6 Å². The van der Waals surface area contributed by atoms with Gasteiger partial charge in [0.05, 0.1) is 11.3 Å². The van der Waals surface area contributed by atoms with Crippen molar-refractivity contribution in [1.29, 1.82) is 5.26 Å². The molecule has 0 spiro atoms. The molecule has 1 saturated heterocycles. The maximum atomic E-state index is 14.1. The number of aromatic nitrogens is 2. The first-order valence-corrected chi connectivity index (χ1v) is 10.2. The van der Waals surface area contributed by atoms with E-state index in [1.807, 2.05) is 25.7 Å². The lowest BCUT2D eigenvalue weighted by Gasteiger charge is -2.39. The maximum absolute atomic E-state index is 14.1. The number of halogens is 1. The standard InChI is InChI=1S/C22H27FN6O2/c1-13-5-8-16(26-21(30)31-22(2,3)4)12-29(13)19-10-18(27-20(25)28-19)14-6-7-15(11-24)17(23)9-14/h6-7,9-10,13,16H,5,8,12H2,1-4H3,(H,26,30)(H2,25,27,28)/t13-,16+/m0/s1. The summed E-state index contributed by atoms with van der Waals surface area (Å²) < 4.78 is 19.4. The Bertz CT molecular complexity index is 1010. The van der Waals surface area contributed by atoms with Gasteiger partial charge in [0.1, 0.15) is 23.3 Å². The topological polar surface area (TPSA) is 117 Å². The van der Waals surface area contributed by atoms with Gasteiger partial charge in [0.15, 0.2) is 0 Å². The summed E-state index contributed by atoms with van der Waals surface area (Å²) in [5.74, 6) is 0.0360. The Hall–Kier alpha value is -3.41. The summed E-state index contributed by atoms with van der Waals surface area (Å²) in [5, 5.41) is 11.9. The van der Waals surface area contributed by atoms with Crippen LogP contribution in [0.15, 0.2) is 24.3 Å². The van der Waals surface area contributed by atoms with E-state index in [1.54, 1.807) is 18.2 Å². The third-order valence-electron chi connectivity index (χ3n) is 5.01. The molecule has 9 heteroatoms. The number of nitrogen functional groups attached to an aromatic ring is 1. The Morgan fingerprint density at radius 3 is 2.71 bits per heavy atom. The number of anilines is 2. The molecule has 1 aromatic carbocycles. The van der Waals surface area contributed by atoms with Gasteiger partial charge in [-0.2, -0.15) is 10.2 Å². The monoisotopic (exact) mass is 426 g/mol. The van der Waals surface area contributed by atoms with Gasteiger partial charge in [-0.05, 0) is 52.7 Å². The molecule has 164 valence electrons. The summed E-state index contributed by atoms with van der Waals surface area (Å²) in [6.07, 6.45) is 1.19. The quantitative estimate of drug-likeness (QED) is 0.770. The van der Waals surface area contributed by atoms with Gasteiger partial charge < -0.3 is 20.7 Å². The van der Waals surface area contributed by atoms with Crippen molar-refractivity contribution in [2.45, 2.75) is 58.2 Å². The molecule has 1 fully saturated rings. The van der Waals surface area contributed by atoms with Crippen molar-refractivity contribution in [3.63, 3.8) is 0 Å². The lowest BCUT2D eigenvalue weighted by Crippen LogP contribution is -2.52. The van der Waals surface area contributed by atoms with Crippen molar-refractivity contribution in [3.8, 4) is 17.3 Å². The molecule has 0 bridgehead atoms. The zero-order valence-electron chi connectivity index (χ0n) is 18.1. The molecule has 31 heavy (non-hydrogen) atoms. The van der Waals surface area contributed by atoms with Crippen LogP contribution in [-0.4, -0.2) is 40.3 Å². The summed E-state index contributed by atoms with van der Waals surface area (Å²) >= 11 is 0. The number of amides is 1. The summed E-state index contributed by atoms with van der Waals surface area (Å²) in [5.41, 5.74) is 6.29. The van der Waals surface area contributed by atoms with E-state index in [1.165, 1.54) is 12.1 Å². The van der Waals surface area contributed by atoms with Gasteiger partial charge in [-0.1, -0.05) is 6.07 Å². The zero-order chi connectivity index (χ0) is 22.8. The molecule has 3 rings (SSSR count). The van der Waals surface area contributed by atoms with E-state index in [4.69, 9.17) is 15.7 Å². The minimum absolute atomic E-state index is 0.0355. The molecule has 1 aliphatic rings. The van der Waals surface area contributed by atoms with Crippen LogP contribution in [0.4, 0.5) is 21.0 Å². The number of piperidine rings is 1. The highest BCUT2D eigenvalue weighted by Crippen LogP contribution is 2.28. The van der Waals surface area contributed by atoms with Gasteiger partial charge in [-0.25, -0.2) is 14.2 Å². The van der Waals surface area contributed by atoms with Crippen molar-refractivity contribution in [2.24, 2.45) is 0 Å². The molecular formula is C22H27FN6O2. The molecule has 3 N–H and O–H groups in total. The van der Waals surface area contributed by atoms with Crippen molar-refractivity contribution >= 4 is 17.9 Å². The number of nitriles is 1. The average molecular weight is 426 g/mol. The van der Waals surface area contributed by atoms with Crippen LogP contribution in [0.3, 0.4) is 0 Å². The molecule has 2 aromatic rings. The number of nitrogens with zero attached hydrogens (tertiary/aromatic N) is 4. The van der Waals surface area contributed by atoms with E-state index >= 15 is 0 Å². The fraction of sp³-hybridized carbons (Fsp3) is 0.455. The van der Waals surface area contributed by atoms with Crippen LogP contribution in [0.5, 0.6) is 0 Å². The van der Waals surface area contributed by atoms with Crippen LogP contribution in [-0.2, 0) is 4.74 Å². The number of carbonyl (C=O) groups is 1. The number of benzene rings is 1. The number of hydrogen-bond donors (Lipinski definition) is 2. The minimum atomic E-state index is -0.619. The van der Waals surface area contributed by atoms with E-state index < -0.39 is 17.5 Å². The van der Waals surface area contributed by atoms with Crippen molar-refractivity contribution in [3.05, 3.63) is 35.6 Å². The van der Waals surface area contributed by atoms with Gasteiger partial charge in [0.2, 0.25) is 5.95 Å². The minimum Gasteiger partial charge on any atom is -0.444 e. The number of ether oxygens (including phenoxy) is 1. The summed E-state index contributed by atoms with van der Waals surface area (Å²) in [4.78, 5) is 22.8. The van der Waals surface area contributed by atoms with E-state index in [2.05, 4.69) is 22.2 Å². The third kappa shape index (κ3) is 5.60. The lowest BCUT2D eigenvalue weighted by molar-refractivity contribution is 0.0497. The predicted octanol–water partition coefficient (Wildman–Crippen LogP) is 3.62. The average Bonchev–Trinajstić information content (AvgIpc) is 2.67. The van der Waals surface area contributed by atoms with Crippen LogP contribution in [0.1, 0.15) is 46.1 Å². The molecule has 0 aliphatic carbocycles.